The third-order valence-electron chi connectivity index (χ3n) is 3.11. The van der Waals surface area contributed by atoms with Crippen LogP contribution in [0.4, 0.5) is 0 Å². The van der Waals surface area contributed by atoms with E-state index in [1.165, 1.54) is 5.56 Å². The maximum atomic E-state index is 9.08. The van der Waals surface area contributed by atoms with Gasteiger partial charge < -0.3 is 5.11 Å². The van der Waals surface area contributed by atoms with Gasteiger partial charge >= 0.3 is 0 Å². The Balaban J connectivity index is 2.71. The second-order valence-corrected chi connectivity index (χ2v) is 4.61. The molecule has 0 saturated carbocycles. The van der Waals surface area contributed by atoms with Gasteiger partial charge in [0.1, 0.15) is 0 Å². The Morgan fingerprint density at radius 2 is 2.11 bits per heavy atom. The molecule has 0 spiro atoms. The minimum Gasteiger partial charge on any atom is -0.395 e. The molecule has 18 heavy (non-hydrogen) atoms. The smallest absolute Gasteiger partial charge is 0.0991 e. The number of hydrogen-bond donors (Lipinski definition) is 1. The van der Waals surface area contributed by atoms with Gasteiger partial charge in [-0.05, 0) is 43.1 Å². The van der Waals surface area contributed by atoms with E-state index in [4.69, 9.17) is 10.4 Å². The maximum absolute atomic E-state index is 9.08. The first-order valence-electron chi connectivity index (χ1n) is 6.54. The predicted octanol–water partition coefficient (Wildman–Crippen LogP) is 2.46. The van der Waals surface area contributed by atoms with Crippen molar-refractivity contribution in [3.05, 3.63) is 34.9 Å². The van der Waals surface area contributed by atoms with Crippen LogP contribution < -0.4 is 0 Å². The second-order valence-electron chi connectivity index (χ2n) is 4.61. The molecule has 0 aliphatic carbocycles. The summed E-state index contributed by atoms with van der Waals surface area (Å²) in [5.41, 5.74) is 3.09. The monoisotopic (exact) mass is 246 g/mol. The third kappa shape index (κ3) is 4.48. The number of aryl methyl sites for hydroxylation is 1. The summed E-state index contributed by atoms with van der Waals surface area (Å²) >= 11 is 0. The van der Waals surface area contributed by atoms with Crippen LogP contribution in [0.25, 0.3) is 0 Å². The van der Waals surface area contributed by atoms with E-state index in [-0.39, 0.29) is 6.61 Å². The van der Waals surface area contributed by atoms with Gasteiger partial charge in [0.15, 0.2) is 0 Å². The molecule has 0 atom stereocenters. The van der Waals surface area contributed by atoms with E-state index in [0.717, 1.165) is 31.5 Å². The SMILES string of the molecule is CCCCN(CCO)Cc1ccc(C#N)cc1C. The van der Waals surface area contributed by atoms with Crippen molar-refractivity contribution >= 4 is 0 Å². The zero-order valence-electron chi connectivity index (χ0n) is 11.3. The van der Waals surface area contributed by atoms with Gasteiger partial charge in [-0.3, -0.25) is 4.90 Å². The Labute approximate surface area is 110 Å². The van der Waals surface area contributed by atoms with E-state index in [2.05, 4.69) is 17.9 Å². The molecule has 3 heteroatoms. The molecule has 0 radical (unpaired) electrons. The molecule has 0 heterocycles. The Morgan fingerprint density at radius 3 is 2.67 bits per heavy atom. The molecular weight excluding hydrogens is 224 g/mol. The van der Waals surface area contributed by atoms with Crippen LogP contribution in [0, 0.1) is 18.3 Å². The third-order valence-corrected chi connectivity index (χ3v) is 3.11. The van der Waals surface area contributed by atoms with Crippen LogP contribution in [0.2, 0.25) is 0 Å². The number of benzene rings is 1. The zero-order chi connectivity index (χ0) is 13.4. The van der Waals surface area contributed by atoms with Gasteiger partial charge in [0, 0.05) is 13.1 Å². The first-order chi connectivity index (χ1) is 8.71. The molecule has 0 bridgehead atoms. The maximum Gasteiger partial charge on any atom is 0.0991 e. The van der Waals surface area contributed by atoms with Crippen molar-refractivity contribution in [2.24, 2.45) is 0 Å². The fourth-order valence-electron chi connectivity index (χ4n) is 1.98. The summed E-state index contributed by atoms with van der Waals surface area (Å²) in [7, 11) is 0. The van der Waals surface area contributed by atoms with E-state index in [1.807, 2.05) is 25.1 Å². The lowest BCUT2D eigenvalue weighted by atomic mass is 10.0. The zero-order valence-corrected chi connectivity index (χ0v) is 11.3. The summed E-state index contributed by atoms with van der Waals surface area (Å²) < 4.78 is 0. The summed E-state index contributed by atoms with van der Waals surface area (Å²) in [4.78, 5) is 2.26. The number of aliphatic hydroxyl groups is 1. The molecule has 0 unspecified atom stereocenters. The van der Waals surface area contributed by atoms with Crippen LogP contribution >= 0.6 is 0 Å². The molecule has 1 aromatic carbocycles. The van der Waals surface area contributed by atoms with Crippen molar-refractivity contribution in [2.45, 2.75) is 33.2 Å². The largest absolute Gasteiger partial charge is 0.395 e. The topological polar surface area (TPSA) is 47.3 Å². The molecule has 0 saturated heterocycles. The standard InChI is InChI=1S/C15H22N2O/c1-3-4-7-17(8-9-18)12-15-6-5-14(11-16)10-13(15)2/h5-6,10,18H,3-4,7-9,12H2,1-2H3. The fourth-order valence-corrected chi connectivity index (χ4v) is 1.98. The van der Waals surface area contributed by atoms with Crippen molar-refractivity contribution in [3.8, 4) is 6.07 Å². The average molecular weight is 246 g/mol. The normalized spacial score (nSPS) is 10.6. The van der Waals surface area contributed by atoms with Gasteiger partial charge in [-0.1, -0.05) is 19.4 Å². The van der Waals surface area contributed by atoms with Crippen molar-refractivity contribution in [3.63, 3.8) is 0 Å². The molecular formula is C15H22N2O. The van der Waals surface area contributed by atoms with Crippen LogP contribution in [0.15, 0.2) is 18.2 Å². The molecule has 0 aliphatic heterocycles. The van der Waals surface area contributed by atoms with Crippen molar-refractivity contribution < 1.29 is 5.11 Å². The van der Waals surface area contributed by atoms with Crippen LogP contribution in [0.5, 0.6) is 0 Å². The van der Waals surface area contributed by atoms with E-state index < -0.39 is 0 Å². The van der Waals surface area contributed by atoms with Crippen molar-refractivity contribution in [2.75, 3.05) is 19.7 Å². The first-order valence-corrected chi connectivity index (χ1v) is 6.54. The number of nitrogens with zero attached hydrogens (tertiary/aromatic N) is 2. The van der Waals surface area contributed by atoms with Gasteiger partial charge in [-0.2, -0.15) is 5.26 Å². The second kappa shape index (κ2) is 7.86. The minimum atomic E-state index is 0.193. The molecule has 3 nitrogen and oxygen atoms in total. The summed E-state index contributed by atoms with van der Waals surface area (Å²) in [6.45, 7) is 6.96. The highest BCUT2D eigenvalue weighted by Gasteiger charge is 2.07. The van der Waals surface area contributed by atoms with Gasteiger partial charge in [0.25, 0.3) is 0 Å². The summed E-state index contributed by atoms with van der Waals surface area (Å²) in [6, 6.07) is 7.96. The Kier molecular flexibility index (Phi) is 6.42. The highest BCUT2D eigenvalue weighted by Crippen LogP contribution is 2.13. The van der Waals surface area contributed by atoms with Crippen LogP contribution in [0.3, 0.4) is 0 Å². The van der Waals surface area contributed by atoms with E-state index in [9.17, 15) is 0 Å². The molecule has 98 valence electrons. The van der Waals surface area contributed by atoms with Gasteiger partial charge in [-0.25, -0.2) is 0 Å². The molecule has 0 aliphatic rings. The van der Waals surface area contributed by atoms with Crippen molar-refractivity contribution in [1.82, 2.24) is 4.90 Å². The Bertz CT molecular complexity index is 409. The van der Waals surface area contributed by atoms with Gasteiger partial charge in [0.2, 0.25) is 0 Å². The van der Waals surface area contributed by atoms with Crippen molar-refractivity contribution in [1.29, 1.82) is 5.26 Å². The lowest BCUT2D eigenvalue weighted by Crippen LogP contribution is -2.27. The Morgan fingerprint density at radius 1 is 1.33 bits per heavy atom. The van der Waals surface area contributed by atoms with Crippen LogP contribution in [-0.2, 0) is 6.54 Å². The molecule has 0 amide bonds. The summed E-state index contributed by atoms with van der Waals surface area (Å²) in [6.07, 6.45) is 2.31. The molecule has 1 N–H and O–H groups in total. The van der Waals surface area contributed by atoms with E-state index in [1.54, 1.807) is 0 Å². The predicted molar refractivity (Wildman–Crippen MR) is 73.2 cm³/mol. The molecule has 0 fully saturated rings. The summed E-state index contributed by atoms with van der Waals surface area (Å²) in [5.74, 6) is 0. The van der Waals surface area contributed by atoms with E-state index in [0.29, 0.717) is 12.1 Å². The highest BCUT2D eigenvalue weighted by atomic mass is 16.3. The number of rotatable bonds is 7. The lowest BCUT2D eigenvalue weighted by molar-refractivity contribution is 0.188. The number of unbranched alkanes of at least 4 members (excludes halogenated alkanes) is 1. The molecule has 0 aromatic heterocycles. The average Bonchev–Trinajstić information content (AvgIpc) is 2.38. The number of nitriles is 1. The fraction of sp³-hybridized carbons (Fsp3) is 0.533. The number of hydrogen-bond acceptors (Lipinski definition) is 3. The first kappa shape index (κ1) is 14.7. The summed E-state index contributed by atoms with van der Waals surface area (Å²) in [5, 5.41) is 17.9. The lowest BCUT2D eigenvalue weighted by Gasteiger charge is -2.22. The van der Waals surface area contributed by atoms with Gasteiger partial charge in [0.05, 0.1) is 18.2 Å². The quantitative estimate of drug-likeness (QED) is 0.804. The van der Waals surface area contributed by atoms with E-state index >= 15 is 0 Å². The highest BCUT2D eigenvalue weighted by molar-refractivity contribution is 5.37. The van der Waals surface area contributed by atoms with Crippen LogP contribution in [-0.4, -0.2) is 29.7 Å². The number of aliphatic hydroxyl groups excluding tert-OH is 1. The molecule has 1 aromatic rings. The minimum absolute atomic E-state index is 0.193. The Hall–Kier alpha value is -1.37. The van der Waals surface area contributed by atoms with Crippen LogP contribution in [0.1, 0.15) is 36.5 Å². The van der Waals surface area contributed by atoms with Gasteiger partial charge in [-0.15, -0.1) is 0 Å². The molecule has 1 rings (SSSR count).